The summed E-state index contributed by atoms with van der Waals surface area (Å²) in [5.74, 6) is 3.29. The molecule has 0 radical (unpaired) electrons. The molecule has 5 fully saturated rings. The maximum absolute atomic E-state index is 12.9. The van der Waals surface area contributed by atoms with Gasteiger partial charge in [0, 0.05) is 0 Å². The number of furan rings is 1. The summed E-state index contributed by atoms with van der Waals surface area (Å²) in [6, 6.07) is 11.1. The summed E-state index contributed by atoms with van der Waals surface area (Å²) in [7, 11) is 0. The summed E-state index contributed by atoms with van der Waals surface area (Å²) >= 11 is 0. The molecule has 34 heavy (non-hydrogen) atoms. The molecule has 7 nitrogen and oxygen atoms in total. The largest absolute Gasteiger partial charge is 0.491 e. The van der Waals surface area contributed by atoms with Gasteiger partial charge in [-0.2, -0.15) is 0 Å². The highest BCUT2D eigenvalue weighted by Crippen LogP contribution is 2.60. The van der Waals surface area contributed by atoms with Crippen LogP contribution in [0.1, 0.15) is 56.8 Å². The van der Waals surface area contributed by atoms with Crippen LogP contribution in [0.2, 0.25) is 0 Å². The van der Waals surface area contributed by atoms with E-state index in [1.54, 1.807) is 19.1 Å². The molecule has 7 rings (SSSR count). The molecule has 1 saturated heterocycles. The molecule has 2 atom stereocenters. The fraction of sp³-hybridized carbons (Fsp3) is 0.556. The van der Waals surface area contributed by atoms with E-state index in [2.05, 4.69) is 17.4 Å². The molecule has 3 amide bonds. The fourth-order valence-corrected chi connectivity index (χ4v) is 7.42. The Labute approximate surface area is 199 Å². The van der Waals surface area contributed by atoms with Crippen LogP contribution in [0.3, 0.4) is 0 Å². The van der Waals surface area contributed by atoms with Gasteiger partial charge in [0.05, 0.1) is 12.8 Å². The van der Waals surface area contributed by atoms with Gasteiger partial charge in [-0.3, -0.25) is 9.69 Å². The minimum Gasteiger partial charge on any atom is -0.491 e. The first-order valence-electron chi connectivity index (χ1n) is 12.4. The molecule has 2 N–H and O–H groups in total. The van der Waals surface area contributed by atoms with E-state index in [0.29, 0.717) is 16.9 Å². The monoisotopic (exact) mass is 464 g/mol. The highest BCUT2D eigenvalue weighted by atomic mass is 16.5. The van der Waals surface area contributed by atoms with Crippen LogP contribution in [0.15, 0.2) is 47.1 Å². The van der Waals surface area contributed by atoms with Crippen molar-refractivity contribution in [3.05, 3.63) is 54.0 Å². The van der Waals surface area contributed by atoms with Gasteiger partial charge in [0.2, 0.25) is 0 Å². The zero-order valence-corrected chi connectivity index (χ0v) is 19.5. The van der Waals surface area contributed by atoms with Gasteiger partial charge in [0.25, 0.3) is 5.91 Å². The predicted octanol–water partition coefficient (Wildman–Crippen LogP) is 3.95. The minimum atomic E-state index is -1.27. The Balaban J connectivity index is 1.06. The SMILES string of the molecule is C[C@]1(c2ccco2)NC(=O)N(C[C@@H](O)COc2ccc(C34CC5CC(CC(C5)C3)C4)cc2)C1=O. The molecule has 2 aromatic rings. The van der Waals surface area contributed by atoms with E-state index in [1.807, 2.05) is 12.1 Å². The van der Waals surface area contributed by atoms with Crippen molar-refractivity contribution in [1.29, 1.82) is 0 Å². The number of rotatable bonds is 7. The van der Waals surface area contributed by atoms with E-state index in [-0.39, 0.29) is 13.2 Å². The Morgan fingerprint density at radius 1 is 1.09 bits per heavy atom. The second-order valence-electron chi connectivity index (χ2n) is 11.1. The highest BCUT2D eigenvalue weighted by molar-refractivity contribution is 6.06. The molecule has 0 unspecified atom stereocenters. The number of hydrogen-bond acceptors (Lipinski definition) is 5. The Morgan fingerprint density at radius 2 is 1.74 bits per heavy atom. The normalized spacial score (nSPS) is 35.0. The number of carbonyl (C=O) groups is 2. The first-order chi connectivity index (χ1) is 16.3. The number of ether oxygens (including phenoxy) is 1. The van der Waals surface area contributed by atoms with Gasteiger partial charge in [0.1, 0.15) is 24.2 Å². The van der Waals surface area contributed by atoms with Crippen molar-refractivity contribution in [2.24, 2.45) is 17.8 Å². The van der Waals surface area contributed by atoms with Gasteiger partial charge < -0.3 is 19.6 Å². The third-order valence-corrected chi connectivity index (χ3v) is 8.63. The van der Waals surface area contributed by atoms with E-state index in [9.17, 15) is 14.7 Å². The smallest absolute Gasteiger partial charge is 0.325 e. The number of nitrogens with one attached hydrogen (secondary N) is 1. The van der Waals surface area contributed by atoms with Crippen LogP contribution in [-0.2, 0) is 15.7 Å². The zero-order chi connectivity index (χ0) is 23.5. The number of hydrogen-bond donors (Lipinski definition) is 2. The minimum absolute atomic E-state index is 0.00869. The molecule has 1 aliphatic heterocycles. The summed E-state index contributed by atoms with van der Waals surface area (Å²) in [5.41, 5.74) is 0.501. The first kappa shape index (κ1) is 21.7. The Kier molecular flexibility index (Phi) is 5.03. The quantitative estimate of drug-likeness (QED) is 0.606. The Hall–Kier alpha value is -2.80. The molecular weight excluding hydrogens is 432 g/mol. The fourth-order valence-electron chi connectivity index (χ4n) is 7.42. The van der Waals surface area contributed by atoms with E-state index < -0.39 is 23.6 Å². The van der Waals surface area contributed by atoms with Crippen molar-refractivity contribution in [2.45, 2.75) is 62.5 Å². The van der Waals surface area contributed by atoms with Gasteiger partial charge in [-0.05, 0) is 98.4 Å². The summed E-state index contributed by atoms with van der Waals surface area (Å²) < 4.78 is 11.1. The van der Waals surface area contributed by atoms with Crippen LogP contribution < -0.4 is 10.1 Å². The van der Waals surface area contributed by atoms with Crippen LogP contribution in [0.5, 0.6) is 5.75 Å². The number of nitrogens with zero attached hydrogens (tertiary/aromatic N) is 1. The van der Waals surface area contributed by atoms with Crippen LogP contribution >= 0.6 is 0 Å². The summed E-state index contributed by atoms with van der Waals surface area (Å²) in [6.07, 6.45) is 8.70. The van der Waals surface area contributed by atoms with Crippen molar-refractivity contribution in [3.8, 4) is 5.75 Å². The lowest BCUT2D eigenvalue weighted by Gasteiger charge is -2.57. The molecule has 180 valence electrons. The third kappa shape index (κ3) is 3.52. The molecule has 7 heteroatoms. The van der Waals surface area contributed by atoms with Crippen molar-refractivity contribution in [3.63, 3.8) is 0 Å². The number of β-amino-alcohol motifs (C(OH)–C–C–N with tert-alkyl or cyclic N) is 1. The van der Waals surface area contributed by atoms with Gasteiger partial charge in [-0.15, -0.1) is 0 Å². The average molecular weight is 465 g/mol. The second-order valence-corrected chi connectivity index (χ2v) is 11.1. The Bertz CT molecular complexity index is 1040. The first-order valence-corrected chi connectivity index (χ1v) is 12.4. The van der Waals surface area contributed by atoms with Crippen molar-refractivity contribution < 1.29 is 23.8 Å². The molecule has 4 saturated carbocycles. The zero-order valence-electron chi connectivity index (χ0n) is 19.5. The number of carbonyl (C=O) groups excluding carboxylic acids is 2. The van der Waals surface area contributed by atoms with E-state index in [0.717, 1.165) is 22.7 Å². The third-order valence-electron chi connectivity index (χ3n) is 8.63. The molecule has 0 spiro atoms. The molecule has 5 aliphatic rings. The number of aliphatic hydroxyl groups is 1. The summed E-state index contributed by atoms with van der Waals surface area (Å²) in [4.78, 5) is 26.3. The van der Waals surface area contributed by atoms with Crippen LogP contribution in [-0.4, -0.2) is 41.2 Å². The predicted molar refractivity (Wildman–Crippen MR) is 124 cm³/mol. The van der Waals surface area contributed by atoms with E-state index >= 15 is 0 Å². The van der Waals surface area contributed by atoms with Crippen molar-refractivity contribution in [2.75, 3.05) is 13.2 Å². The topological polar surface area (TPSA) is 92.0 Å². The average Bonchev–Trinajstić information content (AvgIpc) is 3.42. The summed E-state index contributed by atoms with van der Waals surface area (Å²) in [5, 5.41) is 13.2. The van der Waals surface area contributed by atoms with E-state index in [4.69, 9.17) is 9.15 Å². The van der Waals surface area contributed by atoms with E-state index in [1.165, 1.54) is 50.4 Å². The molecule has 1 aromatic heterocycles. The maximum Gasteiger partial charge on any atom is 0.325 e. The van der Waals surface area contributed by atoms with Gasteiger partial charge in [-0.25, -0.2) is 4.79 Å². The lowest BCUT2D eigenvalue weighted by atomic mass is 9.48. The number of benzene rings is 1. The molecule has 2 heterocycles. The second kappa shape index (κ2) is 7.87. The standard InChI is InChI=1S/C27H32N2O5/c1-26(23-3-2-8-33-23)24(31)29(25(32)28-26)15-21(30)16-34-22-6-4-20(5-7-22)27-12-17-9-18(13-27)11-19(10-17)14-27/h2-8,17-19,21,30H,9-16H2,1H3,(H,28,32)/t17?,18?,19?,21-,26-,27?/m1/s1. The van der Waals surface area contributed by atoms with Crippen LogP contribution in [0.25, 0.3) is 0 Å². The Morgan fingerprint density at radius 3 is 2.32 bits per heavy atom. The molecule has 4 aliphatic carbocycles. The number of amides is 3. The lowest BCUT2D eigenvalue weighted by Crippen LogP contribution is -2.48. The van der Waals surface area contributed by atoms with Crippen LogP contribution in [0.4, 0.5) is 4.79 Å². The highest BCUT2D eigenvalue weighted by Gasteiger charge is 2.52. The molecule has 4 bridgehead atoms. The van der Waals surface area contributed by atoms with Gasteiger partial charge in [-0.1, -0.05) is 12.1 Å². The van der Waals surface area contributed by atoms with Crippen LogP contribution in [0, 0.1) is 17.8 Å². The maximum atomic E-state index is 12.9. The number of urea groups is 1. The van der Waals surface area contributed by atoms with Crippen molar-refractivity contribution in [1.82, 2.24) is 10.2 Å². The molecule has 1 aromatic carbocycles. The molecular formula is C27H32N2O5. The van der Waals surface area contributed by atoms with Gasteiger partial charge >= 0.3 is 6.03 Å². The lowest BCUT2D eigenvalue weighted by molar-refractivity contribution is -0.132. The number of aliphatic hydroxyl groups excluding tert-OH is 1. The van der Waals surface area contributed by atoms with Crippen molar-refractivity contribution >= 4 is 11.9 Å². The summed E-state index contributed by atoms with van der Waals surface area (Å²) in [6.45, 7) is 1.44. The van der Waals surface area contributed by atoms with Gasteiger partial charge in [0.15, 0.2) is 5.54 Å². The number of imide groups is 1.